The fourth-order valence-corrected chi connectivity index (χ4v) is 4.35. The highest BCUT2D eigenvalue weighted by atomic mass is 16.5. The molecular formula is C21H29N3O. The highest BCUT2D eigenvalue weighted by molar-refractivity contribution is 5.29. The molecule has 0 N–H and O–H groups in total. The average Bonchev–Trinajstić information content (AvgIpc) is 3.27. The molecule has 1 aliphatic carbocycles. The van der Waals surface area contributed by atoms with Crippen molar-refractivity contribution in [3.63, 3.8) is 0 Å². The van der Waals surface area contributed by atoms with E-state index in [1.54, 1.807) is 0 Å². The maximum Gasteiger partial charge on any atom is 0.120 e. The molecule has 2 aromatic rings. The summed E-state index contributed by atoms with van der Waals surface area (Å²) in [7, 11) is 2.10. The van der Waals surface area contributed by atoms with Gasteiger partial charge in [0.2, 0.25) is 0 Å². The Morgan fingerprint density at radius 3 is 2.84 bits per heavy atom. The second kappa shape index (κ2) is 7.61. The van der Waals surface area contributed by atoms with Crippen molar-refractivity contribution < 1.29 is 4.74 Å². The van der Waals surface area contributed by atoms with Crippen LogP contribution < -0.4 is 4.74 Å². The lowest BCUT2D eigenvalue weighted by Crippen LogP contribution is -2.34. The van der Waals surface area contributed by atoms with E-state index in [9.17, 15) is 0 Å². The lowest BCUT2D eigenvalue weighted by atomic mass is 9.96. The van der Waals surface area contributed by atoms with Crippen LogP contribution in [0.2, 0.25) is 0 Å². The topological polar surface area (TPSA) is 30.3 Å². The molecule has 4 rings (SSSR count). The zero-order chi connectivity index (χ0) is 17.1. The van der Waals surface area contributed by atoms with Gasteiger partial charge in [-0.05, 0) is 62.8 Å². The Bertz CT molecular complexity index is 690. The first-order valence-corrected chi connectivity index (χ1v) is 9.73. The van der Waals surface area contributed by atoms with E-state index in [1.807, 2.05) is 6.20 Å². The number of aryl methyl sites for hydroxylation is 1. The molecule has 2 aliphatic rings. The third kappa shape index (κ3) is 4.06. The molecule has 0 radical (unpaired) electrons. The summed E-state index contributed by atoms with van der Waals surface area (Å²) in [4.78, 5) is 7.14. The van der Waals surface area contributed by atoms with Crippen LogP contribution in [-0.4, -0.2) is 33.6 Å². The molecule has 1 aromatic carbocycles. The Balaban J connectivity index is 1.38. The van der Waals surface area contributed by atoms with Crippen LogP contribution in [0.1, 0.15) is 55.8 Å². The Morgan fingerprint density at radius 2 is 2.04 bits per heavy atom. The summed E-state index contributed by atoms with van der Waals surface area (Å²) in [6, 6.07) is 8.71. The van der Waals surface area contributed by atoms with E-state index in [0.717, 1.165) is 18.8 Å². The van der Waals surface area contributed by atoms with Crippen molar-refractivity contribution in [1.29, 1.82) is 0 Å². The molecule has 0 bridgehead atoms. The van der Waals surface area contributed by atoms with Crippen LogP contribution in [0.25, 0.3) is 0 Å². The van der Waals surface area contributed by atoms with Gasteiger partial charge in [0.15, 0.2) is 0 Å². The van der Waals surface area contributed by atoms with Crippen LogP contribution in [0.15, 0.2) is 36.7 Å². The highest BCUT2D eigenvalue weighted by Crippen LogP contribution is 2.28. The van der Waals surface area contributed by atoms with Crippen molar-refractivity contribution >= 4 is 0 Å². The van der Waals surface area contributed by atoms with Gasteiger partial charge in [0.1, 0.15) is 11.6 Å². The second-order valence-electron chi connectivity index (χ2n) is 7.64. The quantitative estimate of drug-likeness (QED) is 0.821. The van der Waals surface area contributed by atoms with E-state index in [2.05, 4.69) is 52.0 Å². The normalized spacial score (nSPS) is 22.4. The second-order valence-corrected chi connectivity index (χ2v) is 7.64. The number of hydrogen-bond acceptors (Lipinski definition) is 3. The summed E-state index contributed by atoms with van der Waals surface area (Å²) >= 11 is 0. The first-order valence-electron chi connectivity index (χ1n) is 9.73. The molecular weight excluding hydrogens is 310 g/mol. The maximum absolute atomic E-state index is 6.17. The third-order valence-corrected chi connectivity index (χ3v) is 5.64. The lowest BCUT2D eigenvalue weighted by molar-refractivity contribution is 0.193. The van der Waals surface area contributed by atoms with Crippen molar-refractivity contribution in [2.75, 3.05) is 13.1 Å². The summed E-state index contributed by atoms with van der Waals surface area (Å²) in [6.45, 7) is 3.27. The van der Waals surface area contributed by atoms with Crippen molar-refractivity contribution in [2.24, 2.45) is 7.05 Å². The maximum atomic E-state index is 6.17. The van der Waals surface area contributed by atoms with Crippen LogP contribution in [0.3, 0.4) is 0 Å². The molecule has 1 saturated heterocycles. The first-order chi connectivity index (χ1) is 12.3. The molecule has 2 heterocycles. The SMILES string of the molecule is Cn1ccnc1[C@H]1CCCN(Cc2cccc(OC3CCCC3)c2)C1. The minimum Gasteiger partial charge on any atom is -0.490 e. The smallest absolute Gasteiger partial charge is 0.120 e. The number of nitrogens with zero attached hydrogens (tertiary/aromatic N) is 3. The van der Waals surface area contributed by atoms with E-state index in [-0.39, 0.29) is 0 Å². The molecule has 4 heteroatoms. The van der Waals surface area contributed by atoms with Gasteiger partial charge in [0.05, 0.1) is 6.10 Å². The largest absolute Gasteiger partial charge is 0.490 e. The standard InChI is InChI=1S/C21H29N3O/c1-23-13-11-22-21(23)18-7-5-12-24(16-18)15-17-6-4-10-20(14-17)25-19-8-2-3-9-19/h4,6,10-11,13-14,18-19H,2-3,5,7-9,12,15-16H2,1H3/t18-/m0/s1. The number of hydrogen-bond donors (Lipinski definition) is 0. The zero-order valence-electron chi connectivity index (χ0n) is 15.2. The lowest BCUT2D eigenvalue weighted by Gasteiger charge is -2.32. The van der Waals surface area contributed by atoms with Crippen molar-refractivity contribution in [2.45, 2.75) is 57.1 Å². The Morgan fingerprint density at radius 1 is 1.16 bits per heavy atom. The summed E-state index contributed by atoms with van der Waals surface area (Å²) < 4.78 is 8.34. The zero-order valence-corrected chi connectivity index (χ0v) is 15.2. The molecule has 4 nitrogen and oxygen atoms in total. The van der Waals surface area contributed by atoms with Gasteiger partial charge in [0.25, 0.3) is 0 Å². The number of piperidine rings is 1. The number of imidazole rings is 1. The number of likely N-dealkylation sites (tertiary alicyclic amines) is 1. The van der Waals surface area contributed by atoms with Crippen molar-refractivity contribution in [3.8, 4) is 5.75 Å². The van der Waals surface area contributed by atoms with Crippen LogP contribution in [0, 0.1) is 0 Å². The van der Waals surface area contributed by atoms with Crippen molar-refractivity contribution in [1.82, 2.24) is 14.5 Å². The third-order valence-electron chi connectivity index (χ3n) is 5.64. The molecule has 0 spiro atoms. The minimum atomic E-state index is 0.429. The average molecular weight is 339 g/mol. The van der Waals surface area contributed by atoms with E-state index >= 15 is 0 Å². The van der Waals surface area contributed by atoms with Gasteiger partial charge in [0, 0.05) is 38.4 Å². The van der Waals surface area contributed by atoms with Crippen LogP contribution in [0.4, 0.5) is 0 Å². The fourth-order valence-electron chi connectivity index (χ4n) is 4.35. The van der Waals surface area contributed by atoms with E-state index in [1.165, 1.54) is 56.5 Å². The van der Waals surface area contributed by atoms with Crippen LogP contribution >= 0.6 is 0 Å². The predicted molar refractivity (Wildman–Crippen MR) is 99.8 cm³/mol. The molecule has 134 valence electrons. The Hall–Kier alpha value is -1.81. The van der Waals surface area contributed by atoms with E-state index < -0.39 is 0 Å². The minimum absolute atomic E-state index is 0.429. The molecule has 0 unspecified atom stereocenters. The number of ether oxygens (including phenoxy) is 1. The molecule has 25 heavy (non-hydrogen) atoms. The summed E-state index contributed by atoms with van der Waals surface area (Å²) in [5.74, 6) is 2.82. The predicted octanol–water partition coefficient (Wildman–Crippen LogP) is 4.12. The van der Waals surface area contributed by atoms with Crippen molar-refractivity contribution in [3.05, 3.63) is 48.0 Å². The van der Waals surface area contributed by atoms with Gasteiger partial charge >= 0.3 is 0 Å². The van der Waals surface area contributed by atoms with Crippen LogP contribution in [0.5, 0.6) is 5.75 Å². The van der Waals surface area contributed by atoms with Gasteiger partial charge in [-0.15, -0.1) is 0 Å². The summed E-state index contributed by atoms with van der Waals surface area (Å²) in [5, 5.41) is 0. The first kappa shape index (κ1) is 16.6. The fraction of sp³-hybridized carbons (Fsp3) is 0.571. The number of rotatable bonds is 5. The molecule has 1 saturated carbocycles. The molecule has 2 fully saturated rings. The van der Waals surface area contributed by atoms with Crippen LogP contribution in [-0.2, 0) is 13.6 Å². The van der Waals surface area contributed by atoms with Gasteiger partial charge < -0.3 is 9.30 Å². The highest BCUT2D eigenvalue weighted by Gasteiger charge is 2.24. The van der Waals surface area contributed by atoms with Gasteiger partial charge in [-0.1, -0.05) is 12.1 Å². The van der Waals surface area contributed by atoms with E-state index in [4.69, 9.17) is 4.74 Å². The monoisotopic (exact) mass is 339 g/mol. The summed E-state index contributed by atoms with van der Waals surface area (Å²) in [6.07, 6.45) is 11.9. The molecule has 0 amide bonds. The Kier molecular flexibility index (Phi) is 5.07. The molecule has 1 aliphatic heterocycles. The van der Waals surface area contributed by atoms with Gasteiger partial charge in [-0.25, -0.2) is 4.98 Å². The molecule has 1 aromatic heterocycles. The summed E-state index contributed by atoms with van der Waals surface area (Å²) in [5.41, 5.74) is 1.36. The van der Waals surface area contributed by atoms with E-state index in [0.29, 0.717) is 12.0 Å². The van der Waals surface area contributed by atoms with Gasteiger partial charge in [-0.3, -0.25) is 4.90 Å². The van der Waals surface area contributed by atoms with Gasteiger partial charge in [-0.2, -0.15) is 0 Å². The molecule has 1 atom stereocenters. The Labute approximate surface area is 150 Å². The number of aromatic nitrogens is 2. The number of benzene rings is 1.